The summed E-state index contributed by atoms with van der Waals surface area (Å²) < 4.78 is 0. The molecule has 1 unspecified atom stereocenters. The van der Waals surface area contributed by atoms with E-state index in [2.05, 4.69) is 15.2 Å². The highest BCUT2D eigenvalue weighted by atomic mass is 15.2. The van der Waals surface area contributed by atoms with Crippen molar-refractivity contribution in [2.75, 3.05) is 24.1 Å². The first-order chi connectivity index (χ1) is 7.81. The third-order valence-corrected chi connectivity index (χ3v) is 3.42. The van der Waals surface area contributed by atoms with E-state index in [0.29, 0.717) is 6.04 Å². The average molecular weight is 218 g/mol. The minimum absolute atomic E-state index is 0.553. The molecule has 3 N–H and O–H groups in total. The topological polar surface area (TPSA) is 54.2 Å². The van der Waals surface area contributed by atoms with Crippen LogP contribution in [0.15, 0.2) is 18.3 Å². The summed E-state index contributed by atoms with van der Waals surface area (Å²) in [5.74, 6) is 0.942. The highest BCUT2D eigenvalue weighted by Crippen LogP contribution is 2.30. The fourth-order valence-electron chi connectivity index (χ4n) is 2.38. The van der Waals surface area contributed by atoms with Crippen molar-refractivity contribution >= 4 is 11.5 Å². The summed E-state index contributed by atoms with van der Waals surface area (Å²) in [6.07, 6.45) is 5.72. The van der Waals surface area contributed by atoms with Gasteiger partial charge in [0.2, 0.25) is 0 Å². The van der Waals surface area contributed by atoms with Crippen molar-refractivity contribution < 1.29 is 0 Å². The molecule has 1 saturated heterocycles. The van der Waals surface area contributed by atoms with Gasteiger partial charge in [0.25, 0.3) is 0 Å². The van der Waals surface area contributed by atoms with Crippen LogP contribution in [0.5, 0.6) is 0 Å². The maximum absolute atomic E-state index is 5.61. The molecule has 1 aromatic rings. The molecule has 1 aliphatic carbocycles. The number of anilines is 2. The molecule has 2 fully saturated rings. The van der Waals surface area contributed by atoms with Gasteiger partial charge in [0, 0.05) is 25.2 Å². The molecule has 4 heteroatoms. The first kappa shape index (κ1) is 9.90. The van der Waals surface area contributed by atoms with Gasteiger partial charge < -0.3 is 11.1 Å². The van der Waals surface area contributed by atoms with Crippen LogP contribution in [0.4, 0.5) is 11.5 Å². The molecule has 0 aromatic carbocycles. The normalized spacial score (nSPS) is 25.9. The smallest absolute Gasteiger partial charge is 0.126 e. The monoisotopic (exact) mass is 218 g/mol. The lowest BCUT2D eigenvalue weighted by molar-refractivity contribution is 0.326. The van der Waals surface area contributed by atoms with E-state index in [1.54, 1.807) is 6.20 Å². The summed E-state index contributed by atoms with van der Waals surface area (Å²) in [6.45, 7) is 2.40. The lowest BCUT2D eigenvalue weighted by Gasteiger charge is -2.16. The summed E-state index contributed by atoms with van der Waals surface area (Å²) in [5, 5.41) is 3.47. The minimum Gasteiger partial charge on any atom is -0.397 e. The van der Waals surface area contributed by atoms with Crippen molar-refractivity contribution in [3.63, 3.8) is 0 Å². The Kier molecular flexibility index (Phi) is 2.44. The van der Waals surface area contributed by atoms with E-state index in [4.69, 9.17) is 5.73 Å². The zero-order valence-electron chi connectivity index (χ0n) is 9.39. The highest BCUT2D eigenvalue weighted by Gasteiger charge is 2.34. The molecule has 4 nitrogen and oxygen atoms in total. The second kappa shape index (κ2) is 3.94. The summed E-state index contributed by atoms with van der Waals surface area (Å²) in [5.41, 5.74) is 6.33. The van der Waals surface area contributed by atoms with Gasteiger partial charge >= 0.3 is 0 Å². The van der Waals surface area contributed by atoms with Crippen LogP contribution >= 0.6 is 0 Å². The number of pyridine rings is 1. The molecule has 3 rings (SSSR count). The van der Waals surface area contributed by atoms with E-state index in [-0.39, 0.29) is 0 Å². The SMILES string of the molecule is Nc1ccc(NC2CCN(C3CC3)C2)nc1. The van der Waals surface area contributed by atoms with Gasteiger partial charge in [0.05, 0.1) is 11.9 Å². The third kappa shape index (κ3) is 2.11. The summed E-state index contributed by atoms with van der Waals surface area (Å²) >= 11 is 0. The van der Waals surface area contributed by atoms with Gasteiger partial charge in [-0.15, -0.1) is 0 Å². The number of rotatable bonds is 3. The van der Waals surface area contributed by atoms with Crippen LogP contribution in [0.3, 0.4) is 0 Å². The molecule has 2 aliphatic rings. The van der Waals surface area contributed by atoms with Gasteiger partial charge in [-0.05, 0) is 31.4 Å². The Balaban J connectivity index is 1.57. The fraction of sp³-hybridized carbons (Fsp3) is 0.583. The van der Waals surface area contributed by atoms with Gasteiger partial charge in [-0.25, -0.2) is 4.98 Å². The summed E-state index contributed by atoms with van der Waals surface area (Å²) in [6, 6.07) is 5.28. The zero-order chi connectivity index (χ0) is 11.0. The third-order valence-electron chi connectivity index (χ3n) is 3.42. The molecule has 2 heterocycles. The second-order valence-corrected chi connectivity index (χ2v) is 4.83. The molecule has 1 atom stereocenters. The summed E-state index contributed by atoms with van der Waals surface area (Å²) in [4.78, 5) is 6.86. The number of hydrogen-bond donors (Lipinski definition) is 2. The van der Waals surface area contributed by atoms with Gasteiger partial charge in [0.15, 0.2) is 0 Å². The Labute approximate surface area is 95.8 Å². The Morgan fingerprint density at radius 2 is 2.19 bits per heavy atom. The van der Waals surface area contributed by atoms with Crippen LogP contribution in [-0.2, 0) is 0 Å². The molecule has 1 aliphatic heterocycles. The molecule has 16 heavy (non-hydrogen) atoms. The molecule has 0 amide bonds. The Morgan fingerprint density at radius 3 is 2.88 bits per heavy atom. The lowest BCUT2D eigenvalue weighted by Crippen LogP contribution is -2.27. The van der Waals surface area contributed by atoms with Crippen LogP contribution in [0.1, 0.15) is 19.3 Å². The van der Waals surface area contributed by atoms with Gasteiger partial charge in [-0.2, -0.15) is 0 Å². The van der Waals surface area contributed by atoms with Crippen LogP contribution in [-0.4, -0.2) is 35.1 Å². The van der Waals surface area contributed by atoms with Crippen molar-refractivity contribution in [2.45, 2.75) is 31.3 Å². The number of likely N-dealkylation sites (tertiary alicyclic amines) is 1. The largest absolute Gasteiger partial charge is 0.397 e. The number of nitrogens with zero attached hydrogens (tertiary/aromatic N) is 2. The summed E-state index contributed by atoms with van der Waals surface area (Å²) in [7, 11) is 0. The van der Waals surface area contributed by atoms with Crippen LogP contribution in [0.2, 0.25) is 0 Å². The standard InChI is InChI=1S/C12H18N4/c13-9-1-4-12(14-7-9)15-10-5-6-16(8-10)11-2-3-11/h1,4,7,10-11H,2-3,5-6,8,13H2,(H,14,15). The minimum atomic E-state index is 0.553. The zero-order valence-corrected chi connectivity index (χ0v) is 9.39. The van der Waals surface area contributed by atoms with E-state index in [0.717, 1.165) is 24.1 Å². The Bertz CT molecular complexity index is 358. The van der Waals surface area contributed by atoms with Crippen molar-refractivity contribution in [1.29, 1.82) is 0 Å². The molecule has 0 spiro atoms. The Morgan fingerprint density at radius 1 is 1.31 bits per heavy atom. The number of hydrogen-bond acceptors (Lipinski definition) is 4. The molecule has 1 saturated carbocycles. The van der Waals surface area contributed by atoms with Crippen LogP contribution in [0.25, 0.3) is 0 Å². The molecular formula is C12H18N4. The van der Waals surface area contributed by atoms with E-state index < -0.39 is 0 Å². The number of nitrogen functional groups attached to an aromatic ring is 1. The molecular weight excluding hydrogens is 200 g/mol. The fourth-order valence-corrected chi connectivity index (χ4v) is 2.38. The molecule has 0 radical (unpaired) electrons. The lowest BCUT2D eigenvalue weighted by atomic mass is 10.2. The maximum Gasteiger partial charge on any atom is 0.126 e. The van der Waals surface area contributed by atoms with Gasteiger partial charge in [0.1, 0.15) is 5.82 Å². The predicted molar refractivity (Wildman–Crippen MR) is 65.3 cm³/mol. The molecule has 86 valence electrons. The van der Waals surface area contributed by atoms with Gasteiger partial charge in [-0.3, -0.25) is 4.90 Å². The van der Waals surface area contributed by atoms with E-state index in [1.165, 1.54) is 25.8 Å². The molecule has 1 aromatic heterocycles. The van der Waals surface area contributed by atoms with E-state index >= 15 is 0 Å². The van der Waals surface area contributed by atoms with Crippen molar-refractivity contribution in [2.24, 2.45) is 0 Å². The number of nitrogens with two attached hydrogens (primary N) is 1. The van der Waals surface area contributed by atoms with E-state index in [1.807, 2.05) is 12.1 Å². The first-order valence-electron chi connectivity index (χ1n) is 6.03. The average Bonchev–Trinajstić information content (AvgIpc) is 3.04. The second-order valence-electron chi connectivity index (χ2n) is 4.83. The highest BCUT2D eigenvalue weighted by molar-refractivity contribution is 5.44. The van der Waals surface area contributed by atoms with Crippen LogP contribution < -0.4 is 11.1 Å². The van der Waals surface area contributed by atoms with Gasteiger partial charge in [-0.1, -0.05) is 0 Å². The van der Waals surface area contributed by atoms with Crippen molar-refractivity contribution in [3.8, 4) is 0 Å². The maximum atomic E-state index is 5.61. The Hall–Kier alpha value is -1.29. The molecule has 0 bridgehead atoms. The number of nitrogens with one attached hydrogen (secondary N) is 1. The number of aromatic nitrogens is 1. The van der Waals surface area contributed by atoms with Crippen LogP contribution in [0, 0.1) is 0 Å². The van der Waals surface area contributed by atoms with Crippen molar-refractivity contribution in [1.82, 2.24) is 9.88 Å². The van der Waals surface area contributed by atoms with Crippen molar-refractivity contribution in [3.05, 3.63) is 18.3 Å². The predicted octanol–water partition coefficient (Wildman–Crippen LogP) is 1.31. The first-order valence-corrected chi connectivity index (χ1v) is 6.03. The quantitative estimate of drug-likeness (QED) is 0.803. The van der Waals surface area contributed by atoms with E-state index in [9.17, 15) is 0 Å².